The maximum atomic E-state index is 11.6. The maximum Gasteiger partial charge on any atom is 0.324 e. The van der Waals surface area contributed by atoms with Gasteiger partial charge in [-0.05, 0) is 32.2 Å². The minimum Gasteiger partial charge on any atom is -0.480 e. The lowest BCUT2D eigenvalue weighted by Gasteiger charge is -2.38. The molecule has 1 aliphatic carbocycles. The Labute approximate surface area is 103 Å². The lowest BCUT2D eigenvalue weighted by atomic mass is 9.94. The molecule has 2 fully saturated rings. The molecule has 1 unspecified atom stereocenters. The minimum atomic E-state index is -0.644. The van der Waals surface area contributed by atoms with E-state index in [1.165, 1.54) is 0 Å². The van der Waals surface area contributed by atoms with Crippen LogP contribution in [0.4, 0.5) is 0 Å². The Morgan fingerprint density at radius 2 is 2.12 bits per heavy atom. The minimum absolute atomic E-state index is 0.242. The zero-order valence-corrected chi connectivity index (χ0v) is 10.7. The van der Waals surface area contributed by atoms with Crippen LogP contribution in [0.1, 0.15) is 45.4 Å². The summed E-state index contributed by atoms with van der Waals surface area (Å²) in [4.78, 5) is 13.8. The molecule has 4 nitrogen and oxygen atoms in total. The highest BCUT2D eigenvalue weighted by atomic mass is 16.5. The van der Waals surface area contributed by atoms with Crippen LogP contribution >= 0.6 is 0 Å². The van der Waals surface area contributed by atoms with E-state index in [-0.39, 0.29) is 6.10 Å². The summed E-state index contributed by atoms with van der Waals surface area (Å²) in [5.41, 5.74) is -0.610. The van der Waals surface area contributed by atoms with Crippen LogP contribution in [0.25, 0.3) is 0 Å². The van der Waals surface area contributed by atoms with E-state index >= 15 is 0 Å². The summed E-state index contributed by atoms with van der Waals surface area (Å²) in [5, 5.41) is 9.56. The van der Waals surface area contributed by atoms with Crippen molar-refractivity contribution in [2.75, 3.05) is 19.7 Å². The lowest BCUT2D eigenvalue weighted by molar-refractivity contribution is -0.152. The molecule has 1 saturated heterocycles. The van der Waals surface area contributed by atoms with Crippen LogP contribution < -0.4 is 0 Å². The quantitative estimate of drug-likeness (QED) is 0.798. The Kier molecular flexibility index (Phi) is 4.05. The fraction of sp³-hybridized carbons (Fsp3) is 0.923. The van der Waals surface area contributed by atoms with Gasteiger partial charge in [0.2, 0.25) is 0 Å². The molecule has 2 rings (SSSR count). The first kappa shape index (κ1) is 12.8. The van der Waals surface area contributed by atoms with Crippen molar-refractivity contribution in [3.8, 4) is 0 Å². The molecule has 0 bridgehead atoms. The van der Waals surface area contributed by atoms with Crippen LogP contribution in [0.15, 0.2) is 0 Å². The number of ether oxygens (including phenoxy) is 1. The number of nitrogens with zero attached hydrogens (tertiary/aromatic N) is 1. The van der Waals surface area contributed by atoms with Crippen LogP contribution in [0.2, 0.25) is 0 Å². The topological polar surface area (TPSA) is 49.8 Å². The van der Waals surface area contributed by atoms with Crippen molar-refractivity contribution in [3.63, 3.8) is 0 Å². The van der Waals surface area contributed by atoms with Gasteiger partial charge >= 0.3 is 5.97 Å². The van der Waals surface area contributed by atoms with Gasteiger partial charge in [0.15, 0.2) is 0 Å². The van der Waals surface area contributed by atoms with Gasteiger partial charge in [-0.1, -0.05) is 19.8 Å². The predicted molar refractivity (Wildman–Crippen MR) is 65.1 cm³/mol. The highest BCUT2D eigenvalue weighted by molar-refractivity contribution is 5.79. The average molecular weight is 241 g/mol. The molecule has 1 atom stereocenters. The van der Waals surface area contributed by atoms with E-state index in [0.29, 0.717) is 0 Å². The third kappa shape index (κ3) is 2.47. The molecular weight excluding hydrogens is 218 g/mol. The summed E-state index contributed by atoms with van der Waals surface area (Å²) in [6.45, 7) is 4.47. The third-order valence-corrected chi connectivity index (χ3v) is 4.26. The largest absolute Gasteiger partial charge is 0.480 e. The Morgan fingerprint density at radius 1 is 1.41 bits per heavy atom. The molecule has 0 aromatic heterocycles. The van der Waals surface area contributed by atoms with Gasteiger partial charge in [-0.3, -0.25) is 9.69 Å². The fourth-order valence-corrected chi connectivity index (χ4v) is 3.27. The number of carbonyl (C=O) groups is 1. The van der Waals surface area contributed by atoms with Crippen molar-refractivity contribution in [1.82, 2.24) is 4.90 Å². The monoisotopic (exact) mass is 241 g/mol. The van der Waals surface area contributed by atoms with Gasteiger partial charge in [0.25, 0.3) is 0 Å². The number of rotatable bonds is 5. The molecule has 0 aromatic carbocycles. The van der Waals surface area contributed by atoms with Crippen molar-refractivity contribution < 1.29 is 14.6 Å². The normalized spacial score (nSPS) is 27.8. The van der Waals surface area contributed by atoms with E-state index in [1.54, 1.807) is 0 Å². The zero-order valence-electron chi connectivity index (χ0n) is 10.7. The first-order valence-corrected chi connectivity index (χ1v) is 6.79. The van der Waals surface area contributed by atoms with Gasteiger partial charge < -0.3 is 9.84 Å². The smallest absolute Gasteiger partial charge is 0.324 e. The van der Waals surface area contributed by atoms with Crippen LogP contribution in [-0.4, -0.2) is 47.3 Å². The van der Waals surface area contributed by atoms with E-state index in [2.05, 4.69) is 11.8 Å². The van der Waals surface area contributed by atoms with Crippen LogP contribution in [-0.2, 0) is 9.53 Å². The Hall–Kier alpha value is -0.610. The van der Waals surface area contributed by atoms with Crippen molar-refractivity contribution in [3.05, 3.63) is 0 Å². The molecular formula is C13H23NO3. The lowest BCUT2D eigenvalue weighted by Crippen LogP contribution is -2.54. The molecule has 0 amide bonds. The van der Waals surface area contributed by atoms with E-state index in [9.17, 15) is 9.90 Å². The summed E-state index contributed by atoms with van der Waals surface area (Å²) in [6.07, 6.45) is 6.09. The molecule has 98 valence electrons. The molecule has 1 saturated carbocycles. The second-order valence-corrected chi connectivity index (χ2v) is 5.22. The molecule has 0 radical (unpaired) electrons. The predicted octanol–water partition coefficient (Wildman–Crippen LogP) is 1.88. The Morgan fingerprint density at radius 3 is 2.59 bits per heavy atom. The molecule has 4 heteroatoms. The highest BCUT2D eigenvalue weighted by Crippen LogP contribution is 2.36. The number of hydrogen-bond donors (Lipinski definition) is 1. The van der Waals surface area contributed by atoms with Gasteiger partial charge in [-0.15, -0.1) is 0 Å². The van der Waals surface area contributed by atoms with Gasteiger partial charge in [-0.2, -0.15) is 0 Å². The second kappa shape index (κ2) is 5.36. The molecule has 17 heavy (non-hydrogen) atoms. The first-order valence-electron chi connectivity index (χ1n) is 6.79. The van der Waals surface area contributed by atoms with Gasteiger partial charge in [-0.25, -0.2) is 0 Å². The molecule has 0 aromatic rings. The summed E-state index contributed by atoms with van der Waals surface area (Å²) in [6, 6.07) is 0. The van der Waals surface area contributed by atoms with E-state index < -0.39 is 11.5 Å². The van der Waals surface area contributed by atoms with Gasteiger partial charge in [0, 0.05) is 13.2 Å². The molecule has 1 heterocycles. The van der Waals surface area contributed by atoms with Crippen LogP contribution in [0.3, 0.4) is 0 Å². The van der Waals surface area contributed by atoms with Crippen LogP contribution in [0, 0.1) is 0 Å². The van der Waals surface area contributed by atoms with E-state index in [0.717, 1.165) is 58.2 Å². The number of carboxylic acid groups (broad SMARTS) is 1. The Balaban J connectivity index is 2.06. The summed E-state index contributed by atoms with van der Waals surface area (Å²) >= 11 is 0. The zero-order chi connectivity index (χ0) is 12.3. The summed E-state index contributed by atoms with van der Waals surface area (Å²) in [7, 11) is 0. The molecule has 1 aliphatic heterocycles. The number of aliphatic carboxylic acids is 1. The first-order chi connectivity index (χ1) is 8.19. The average Bonchev–Trinajstić information content (AvgIpc) is 2.97. The molecule has 2 aliphatic rings. The van der Waals surface area contributed by atoms with Gasteiger partial charge in [0.1, 0.15) is 5.54 Å². The SMILES string of the molecule is CCN(CC1CCCO1)C1(C(=O)O)CCCC1. The van der Waals surface area contributed by atoms with E-state index in [1.807, 2.05) is 0 Å². The molecule has 0 spiro atoms. The van der Waals surface area contributed by atoms with Crippen molar-refractivity contribution in [2.24, 2.45) is 0 Å². The number of likely N-dealkylation sites (N-methyl/N-ethyl adjacent to an activating group) is 1. The molecule has 1 N–H and O–H groups in total. The second-order valence-electron chi connectivity index (χ2n) is 5.22. The highest BCUT2D eigenvalue weighted by Gasteiger charge is 2.46. The number of hydrogen-bond acceptors (Lipinski definition) is 3. The van der Waals surface area contributed by atoms with Crippen molar-refractivity contribution in [2.45, 2.75) is 57.1 Å². The fourth-order valence-electron chi connectivity index (χ4n) is 3.27. The standard InChI is InChI=1S/C13H23NO3/c1-2-14(10-11-6-5-9-17-11)13(12(15)16)7-3-4-8-13/h11H,2-10H2,1H3,(H,15,16). The van der Waals surface area contributed by atoms with Crippen LogP contribution in [0.5, 0.6) is 0 Å². The maximum absolute atomic E-state index is 11.6. The number of carboxylic acids is 1. The summed E-state index contributed by atoms with van der Waals surface area (Å²) in [5.74, 6) is -0.644. The third-order valence-electron chi connectivity index (χ3n) is 4.26. The van der Waals surface area contributed by atoms with E-state index in [4.69, 9.17) is 4.74 Å². The Bertz CT molecular complexity index is 268. The van der Waals surface area contributed by atoms with Crippen molar-refractivity contribution >= 4 is 5.97 Å². The summed E-state index contributed by atoms with van der Waals surface area (Å²) < 4.78 is 5.63. The van der Waals surface area contributed by atoms with Gasteiger partial charge in [0.05, 0.1) is 6.10 Å². The van der Waals surface area contributed by atoms with Crippen molar-refractivity contribution in [1.29, 1.82) is 0 Å².